The van der Waals surface area contributed by atoms with E-state index in [0.29, 0.717) is 6.04 Å². The zero-order chi connectivity index (χ0) is 13.5. The second-order valence-corrected chi connectivity index (χ2v) is 5.84. The fourth-order valence-corrected chi connectivity index (χ4v) is 3.17. The predicted molar refractivity (Wildman–Crippen MR) is 82.1 cm³/mol. The summed E-state index contributed by atoms with van der Waals surface area (Å²) >= 11 is 7.81. The van der Waals surface area contributed by atoms with Crippen LogP contribution in [0.15, 0.2) is 52.0 Å². The van der Waals surface area contributed by atoms with Gasteiger partial charge in [0.2, 0.25) is 0 Å². The number of nitrogens with one attached hydrogen (secondary N) is 1. The SMILES string of the molecule is CCNC(CSc1cccc(Cl)c1)Cc1ccco1. The van der Waals surface area contributed by atoms with E-state index in [0.717, 1.165) is 29.5 Å². The standard InChI is InChI=1S/C15H18ClNOS/c1-2-17-13(10-14-6-4-8-18-14)11-19-15-7-3-5-12(16)9-15/h3-9,13,17H,2,10-11H2,1H3. The molecular formula is C15H18ClNOS. The first-order valence-corrected chi connectivity index (χ1v) is 7.78. The maximum Gasteiger partial charge on any atom is 0.105 e. The quantitative estimate of drug-likeness (QED) is 0.773. The highest BCUT2D eigenvalue weighted by Gasteiger charge is 2.11. The summed E-state index contributed by atoms with van der Waals surface area (Å²) in [6, 6.07) is 12.3. The van der Waals surface area contributed by atoms with Gasteiger partial charge in [-0.1, -0.05) is 24.6 Å². The summed E-state index contributed by atoms with van der Waals surface area (Å²) in [4.78, 5) is 1.20. The topological polar surface area (TPSA) is 25.2 Å². The van der Waals surface area contributed by atoms with Gasteiger partial charge in [-0.25, -0.2) is 0 Å². The lowest BCUT2D eigenvalue weighted by Crippen LogP contribution is -2.33. The Morgan fingerprint density at radius 2 is 2.21 bits per heavy atom. The molecule has 1 atom stereocenters. The van der Waals surface area contributed by atoms with E-state index < -0.39 is 0 Å². The van der Waals surface area contributed by atoms with Gasteiger partial charge in [-0.2, -0.15) is 0 Å². The minimum Gasteiger partial charge on any atom is -0.469 e. The van der Waals surface area contributed by atoms with Crippen LogP contribution in [-0.2, 0) is 6.42 Å². The lowest BCUT2D eigenvalue weighted by molar-refractivity contribution is 0.465. The molecule has 0 fully saturated rings. The average molecular weight is 296 g/mol. The van der Waals surface area contributed by atoms with Crippen LogP contribution < -0.4 is 5.32 Å². The summed E-state index contributed by atoms with van der Waals surface area (Å²) in [7, 11) is 0. The molecule has 0 saturated heterocycles. The average Bonchev–Trinajstić information content (AvgIpc) is 2.89. The molecule has 0 amide bonds. The van der Waals surface area contributed by atoms with Crippen molar-refractivity contribution in [2.45, 2.75) is 24.3 Å². The van der Waals surface area contributed by atoms with Gasteiger partial charge < -0.3 is 9.73 Å². The van der Waals surface area contributed by atoms with Crippen LogP contribution in [0.3, 0.4) is 0 Å². The molecule has 102 valence electrons. The van der Waals surface area contributed by atoms with Gasteiger partial charge in [0.25, 0.3) is 0 Å². The van der Waals surface area contributed by atoms with Crippen molar-refractivity contribution in [3.8, 4) is 0 Å². The molecule has 1 N–H and O–H groups in total. The van der Waals surface area contributed by atoms with E-state index in [2.05, 4.69) is 18.3 Å². The third-order valence-corrected chi connectivity index (χ3v) is 4.16. The molecule has 1 aromatic heterocycles. The van der Waals surface area contributed by atoms with E-state index in [4.69, 9.17) is 16.0 Å². The Balaban J connectivity index is 1.89. The first-order valence-electron chi connectivity index (χ1n) is 6.42. The lowest BCUT2D eigenvalue weighted by atomic mass is 10.2. The third-order valence-electron chi connectivity index (χ3n) is 2.77. The van der Waals surface area contributed by atoms with Crippen LogP contribution in [0.4, 0.5) is 0 Å². The molecule has 0 aliphatic rings. The van der Waals surface area contributed by atoms with E-state index in [-0.39, 0.29) is 0 Å². The highest BCUT2D eigenvalue weighted by Crippen LogP contribution is 2.23. The second kappa shape index (κ2) is 7.63. The summed E-state index contributed by atoms with van der Waals surface area (Å²) in [5, 5.41) is 4.28. The molecule has 0 saturated carbocycles. The number of benzene rings is 1. The summed E-state index contributed by atoms with van der Waals surface area (Å²) in [6.07, 6.45) is 2.64. The van der Waals surface area contributed by atoms with Gasteiger partial charge in [0.05, 0.1) is 6.26 Å². The molecule has 2 nitrogen and oxygen atoms in total. The van der Waals surface area contributed by atoms with Crippen LogP contribution in [0.25, 0.3) is 0 Å². The molecule has 0 spiro atoms. The van der Waals surface area contributed by atoms with Gasteiger partial charge in [0, 0.05) is 28.1 Å². The summed E-state index contributed by atoms with van der Waals surface area (Å²) in [5.41, 5.74) is 0. The molecule has 2 aromatic rings. The number of furan rings is 1. The molecule has 2 rings (SSSR count). The first kappa shape index (κ1) is 14.5. The monoisotopic (exact) mass is 295 g/mol. The molecule has 1 aromatic carbocycles. The van der Waals surface area contributed by atoms with Gasteiger partial charge >= 0.3 is 0 Å². The molecule has 0 radical (unpaired) electrons. The van der Waals surface area contributed by atoms with Crippen LogP contribution in [0, 0.1) is 0 Å². The number of halogens is 1. The van der Waals surface area contributed by atoms with E-state index in [1.807, 2.05) is 42.1 Å². The van der Waals surface area contributed by atoms with Crippen molar-refractivity contribution in [2.24, 2.45) is 0 Å². The minimum atomic E-state index is 0.403. The van der Waals surface area contributed by atoms with Gasteiger partial charge in [0.15, 0.2) is 0 Å². The Morgan fingerprint density at radius 3 is 2.89 bits per heavy atom. The van der Waals surface area contributed by atoms with E-state index >= 15 is 0 Å². The fraction of sp³-hybridized carbons (Fsp3) is 0.333. The Hall–Kier alpha value is -0.900. The molecule has 19 heavy (non-hydrogen) atoms. The predicted octanol–water partition coefficient (Wildman–Crippen LogP) is 4.25. The normalized spacial score (nSPS) is 12.5. The van der Waals surface area contributed by atoms with Crippen LogP contribution >= 0.6 is 23.4 Å². The number of rotatable bonds is 7. The van der Waals surface area contributed by atoms with Crippen molar-refractivity contribution in [3.63, 3.8) is 0 Å². The summed E-state index contributed by atoms with van der Waals surface area (Å²) in [6.45, 7) is 3.08. The molecule has 0 bridgehead atoms. The zero-order valence-electron chi connectivity index (χ0n) is 10.9. The molecule has 0 aliphatic heterocycles. The highest BCUT2D eigenvalue weighted by atomic mass is 35.5. The molecular weight excluding hydrogens is 278 g/mol. The lowest BCUT2D eigenvalue weighted by Gasteiger charge is -2.16. The van der Waals surface area contributed by atoms with E-state index in [1.165, 1.54) is 4.90 Å². The largest absolute Gasteiger partial charge is 0.469 e. The fourth-order valence-electron chi connectivity index (χ4n) is 1.90. The van der Waals surface area contributed by atoms with Gasteiger partial charge in [-0.05, 0) is 36.9 Å². The van der Waals surface area contributed by atoms with Gasteiger partial charge in [-0.15, -0.1) is 11.8 Å². The van der Waals surface area contributed by atoms with E-state index in [1.54, 1.807) is 6.26 Å². The number of hydrogen-bond acceptors (Lipinski definition) is 3. The molecule has 1 unspecified atom stereocenters. The molecule has 4 heteroatoms. The Labute approximate surface area is 123 Å². The van der Waals surface area contributed by atoms with Crippen molar-refractivity contribution in [1.29, 1.82) is 0 Å². The van der Waals surface area contributed by atoms with Crippen molar-refractivity contribution in [2.75, 3.05) is 12.3 Å². The first-order chi connectivity index (χ1) is 9.28. The summed E-state index contributed by atoms with van der Waals surface area (Å²) in [5.74, 6) is 2.02. The Kier molecular flexibility index (Phi) is 5.83. The van der Waals surface area contributed by atoms with Crippen LogP contribution in [0.1, 0.15) is 12.7 Å². The number of likely N-dealkylation sites (N-methyl/N-ethyl adjacent to an activating group) is 1. The van der Waals surface area contributed by atoms with Crippen molar-refractivity contribution < 1.29 is 4.42 Å². The maximum atomic E-state index is 5.99. The Bertz CT molecular complexity index is 487. The third kappa shape index (κ3) is 4.94. The van der Waals surface area contributed by atoms with Crippen LogP contribution in [0.2, 0.25) is 5.02 Å². The molecule has 1 heterocycles. The molecule has 0 aliphatic carbocycles. The minimum absolute atomic E-state index is 0.403. The maximum absolute atomic E-state index is 5.99. The Morgan fingerprint density at radius 1 is 1.32 bits per heavy atom. The van der Waals surface area contributed by atoms with Crippen molar-refractivity contribution in [1.82, 2.24) is 5.32 Å². The highest BCUT2D eigenvalue weighted by molar-refractivity contribution is 7.99. The second-order valence-electron chi connectivity index (χ2n) is 4.31. The van der Waals surface area contributed by atoms with Crippen LogP contribution in [-0.4, -0.2) is 18.3 Å². The smallest absolute Gasteiger partial charge is 0.105 e. The van der Waals surface area contributed by atoms with Crippen LogP contribution in [0.5, 0.6) is 0 Å². The van der Waals surface area contributed by atoms with Gasteiger partial charge in [-0.3, -0.25) is 0 Å². The number of thioether (sulfide) groups is 1. The summed E-state index contributed by atoms with van der Waals surface area (Å²) < 4.78 is 5.41. The number of hydrogen-bond donors (Lipinski definition) is 1. The van der Waals surface area contributed by atoms with Crippen molar-refractivity contribution >= 4 is 23.4 Å². The zero-order valence-corrected chi connectivity index (χ0v) is 12.5. The van der Waals surface area contributed by atoms with Gasteiger partial charge in [0.1, 0.15) is 5.76 Å². The van der Waals surface area contributed by atoms with Crippen molar-refractivity contribution in [3.05, 3.63) is 53.4 Å². The van der Waals surface area contributed by atoms with E-state index in [9.17, 15) is 0 Å².